The van der Waals surface area contributed by atoms with Crippen molar-refractivity contribution in [3.8, 4) is 23.0 Å². The van der Waals surface area contributed by atoms with Crippen LogP contribution in [0.2, 0.25) is 0 Å². The summed E-state index contributed by atoms with van der Waals surface area (Å²) in [5.74, 6) is 2.89. The first-order valence-corrected chi connectivity index (χ1v) is 10.4. The number of unbranched alkanes of at least 4 members (excludes halogenated alkanes) is 1. The van der Waals surface area contributed by atoms with Gasteiger partial charge in [0.2, 0.25) is 5.88 Å². The second kappa shape index (κ2) is 9.52. The minimum Gasteiger partial charge on any atom is -0.439 e. The standard InChI is InChI=1S/C24H27N3O2/c1-2-3-7-19-10-12-21(13-11-19)29-23-18-22(27-14-16-28-17-15-27)25-24(26-23)20-8-5-4-6-9-20/h4-6,8-13,18H,2-3,7,14-17H2,1H3. The second-order valence-electron chi connectivity index (χ2n) is 7.20. The van der Waals surface area contributed by atoms with Crippen LogP contribution in [0.25, 0.3) is 11.4 Å². The van der Waals surface area contributed by atoms with E-state index < -0.39 is 0 Å². The summed E-state index contributed by atoms with van der Waals surface area (Å²) >= 11 is 0. The molecule has 0 bridgehead atoms. The van der Waals surface area contributed by atoms with Gasteiger partial charge in [0, 0.05) is 24.7 Å². The Hall–Kier alpha value is -2.92. The lowest BCUT2D eigenvalue weighted by Gasteiger charge is -2.28. The fourth-order valence-electron chi connectivity index (χ4n) is 3.36. The van der Waals surface area contributed by atoms with Gasteiger partial charge >= 0.3 is 0 Å². The highest BCUT2D eigenvalue weighted by molar-refractivity contribution is 5.59. The maximum absolute atomic E-state index is 6.12. The van der Waals surface area contributed by atoms with Crippen molar-refractivity contribution in [2.24, 2.45) is 0 Å². The topological polar surface area (TPSA) is 47.5 Å². The van der Waals surface area contributed by atoms with E-state index in [-0.39, 0.29) is 0 Å². The number of morpholine rings is 1. The van der Waals surface area contributed by atoms with E-state index in [4.69, 9.17) is 14.5 Å². The fourth-order valence-corrected chi connectivity index (χ4v) is 3.36. The Bertz CT molecular complexity index is 907. The molecule has 29 heavy (non-hydrogen) atoms. The molecular weight excluding hydrogens is 362 g/mol. The molecule has 2 aromatic carbocycles. The summed E-state index contributed by atoms with van der Waals surface area (Å²) in [6.07, 6.45) is 3.50. The molecule has 5 heteroatoms. The zero-order chi connectivity index (χ0) is 19.9. The predicted octanol–water partition coefficient (Wildman–Crippen LogP) is 5.12. The average molecular weight is 389 g/mol. The van der Waals surface area contributed by atoms with E-state index in [9.17, 15) is 0 Å². The first kappa shape index (κ1) is 19.4. The monoisotopic (exact) mass is 389 g/mol. The molecule has 150 valence electrons. The fraction of sp³-hybridized carbons (Fsp3) is 0.333. The smallest absolute Gasteiger partial charge is 0.224 e. The SMILES string of the molecule is CCCCc1ccc(Oc2cc(N3CCOCC3)nc(-c3ccccc3)n2)cc1. The van der Waals surface area contributed by atoms with E-state index >= 15 is 0 Å². The van der Waals surface area contributed by atoms with Crippen LogP contribution in [0.15, 0.2) is 60.7 Å². The minimum absolute atomic E-state index is 0.557. The van der Waals surface area contributed by atoms with Crippen LogP contribution >= 0.6 is 0 Å². The van der Waals surface area contributed by atoms with Crippen LogP contribution in [-0.2, 0) is 11.2 Å². The highest BCUT2D eigenvalue weighted by Crippen LogP contribution is 2.27. The highest BCUT2D eigenvalue weighted by atomic mass is 16.5. The zero-order valence-corrected chi connectivity index (χ0v) is 16.9. The molecule has 1 aliphatic heterocycles. The molecular formula is C24H27N3O2. The number of hydrogen-bond donors (Lipinski definition) is 0. The number of rotatable bonds is 7. The van der Waals surface area contributed by atoms with E-state index in [1.54, 1.807) is 0 Å². The van der Waals surface area contributed by atoms with Crippen LogP contribution < -0.4 is 9.64 Å². The van der Waals surface area contributed by atoms with Crippen LogP contribution in [0.3, 0.4) is 0 Å². The Labute approximate surface area is 172 Å². The predicted molar refractivity (Wildman–Crippen MR) is 116 cm³/mol. The maximum Gasteiger partial charge on any atom is 0.224 e. The summed E-state index contributed by atoms with van der Waals surface area (Å²) in [7, 11) is 0. The summed E-state index contributed by atoms with van der Waals surface area (Å²) < 4.78 is 11.6. The van der Waals surface area contributed by atoms with Crippen molar-refractivity contribution in [1.82, 2.24) is 9.97 Å². The third-order valence-electron chi connectivity index (χ3n) is 5.02. The zero-order valence-electron chi connectivity index (χ0n) is 16.9. The quantitative estimate of drug-likeness (QED) is 0.562. The van der Waals surface area contributed by atoms with E-state index in [0.717, 1.165) is 36.6 Å². The first-order valence-electron chi connectivity index (χ1n) is 10.4. The van der Waals surface area contributed by atoms with Crippen molar-refractivity contribution >= 4 is 5.82 Å². The van der Waals surface area contributed by atoms with E-state index in [1.165, 1.54) is 18.4 Å². The van der Waals surface area contributed by atoms with Gasteiger partial charge in [0.05, 0.1) is 13.2 Å². The summed E-state index contributed by atoms with van der Waals surface area (Å²) in [4.78, 5) is 11.7. The molecule has 1 aliphatic rings. The Kier molecular flexibility index (Phi) is 6.37. The van der Waals surface area contributed by atoms with Crippen LogP contribution in [0, 0.1) is 0 Å². The molecule has 0 radical (unpaired) electrons. The molecule has 0 N–H and O–H groups in total. The van der Waals surface area contributed by atoms with Gasteiger partial charge in [-0.25, -0.2) is 4.98 Å². The number of ether oxygens (including phenoxy) is 2. The van der Waals surface area contributed by atoms with E-state index in [1.807, 2.05) is 48.5 Å². The number of hydrogen-bond acceptors (Lipinski definition) is 5. The van der Waals surface area contributed by atoms with Crippen molar-refractivity contribution in [1.29, 1.82) is 0 Å². The van der Waals surface area contributed by atoms with Crippen LogP contribution in [0.5, 0.6) is 11.6 Å². The molecule has 1 aromatic heterocycles. The third-order valence-corrected chi connectivity index (χ3v) is 5.02. The third kappa shape index (κ3) is 5.12. The Morgan fingerprint density at radius 2 is 1.72 bits per heavy atom. The number of nitrogens with zero attached hydrogens (tertiary/aromatic N) is 3. The summed E-state index contributed by atoms with van der Waals surface area (Å²) in [6.45, 7) is 5.26. The molecule has 0 atom stereocenters. The van der Waals surface area contributed by atoms with Gasteiger partial charge in [0.1, 0.15) is 11.6 Å². The maximum atomic E-state index is 6.12. The molecule has 5 nitrogen and oxygen atoms in total. The van der Waals surface area contributed by atoms with Crippen molar-refractivity contribution in [2.75, 3.05) is 31.2 Å². The lowest BCUT2D eigenvalue weighted by atomic mass is 10.1. The minimum atomic E-state index is 0.557. The van der Waals surface area contributed by atoms with Gasteiger partial charge in [0.15, 0.2) is 5.82 Å². The molecule has 0 unspecified atom stereocenters. The number of aryl methyl sites for hydroxylation is 1. The van der Waals surface area contributed by atoms with Crippen molar-refractivity contribution in [3.63, 3.8) is 0 Å². The van der Waals surface area contributed by atoms with Gasteiger partial charge in [-0.05, 0) is 30.5 Å². The second-order valence-corrected chi connectivity index (χ2v) is 7.20. The summed E-state index contributed by atoms with van der Waals surface area (Å²) in [6, 6.07) is 20.2. The van der Waals surface area contributed by atoms with Gasteiger partial charge in [-0.15, -0.1) is 0 Å². The highest BCUT2D eigenvalue weighted by Gasteiger charge is 2.16. The number of benzene rings is 2. The summed E-state index contributed by atoms with van der Waals surface area (Å²) in [5, 5.41) is 0. The van der Waals surface area contributed by atoms with Crippen molar-refractivity contribution < 1.29 is 9.47 Å². The first-order chi connectivity index (χ1) is 14.3. The van der Waals surface area contributed by atoms with Gasteiger partial charge in [-0.3, -0.25) is 0 Å². The van der Waals surface area contributed by atoms with Gasteiger partial charge < -0.3 is 14.4 Å². The van der Waals surface area contributed by atoms with Crippen molar-refractivity contribution in [3.05, 3.63) is 66.2 Å². The number of anilines is 1. The lowest BCUT2D eigenvalue weighted by Crippen LogP contribution is -2.36. The van der Waals surface area contributed by atoms with Crippen molar-refractivity contribution in [2.45, 2.75) is 26.2 Å². The van der Waals surface area contributed by atoms with E-state index in [2.05, 4.69) is 28.9 Å². The number of aromatic nitrogens is 2. The Morgan fingerprint density at radius 1 is 0.966 bits per heavy atom. The van der Waals surface area contributed by atoms with Gasteiger partial charge in [-0.1, -0.05) is 55.8 Å². The van der Waals surface area contributed by atoms with Crippen LogP contribution in [0.4, 0.5) is 5.82 Å². The Balaban J connectivity index is 1.61. The molecule has 1 fully saturated rings. The molecule has 0 amide bonds. The normalized spacial score (nSPS) is 14.0. The van der Waals surface area contributed by atoms with Crippen LogP contribution in [0.1, 0.15) is 25.3 Å². The van der Waals surface area contributed by atoms with E-state index in [0.29, 0.717) is 24.9 Å². The van der Waals surface area contributed by atoms with Crippen LogP contribution in [-0.4, -0.2) is 36.3 Å². The Morgan fingerprint density at radius 3 is 2.45 bits per heavy atom. The average Bonchev–Trinajstić information content (AvgIpc) is 2.79. The summed E-state index contributed by atoms with van der Waals surface area (Å²) in [5.41, 5.74) is 2.31. The molecule has 1 saturated heterocycles. The molecule has 3 aromatic rings. The molecule has 4 rings (SSSR count). The molecule has 0 saturated carbocycles. The van der Waals surface area contributed by atoms with Gasteiger partial charge in [-0.2, -0.15) is 4.98 Å². The largest absolute Gasteiger partial charge is 0.439 e. The molecule has 0 aliphatic carbocycles. The molecule has 0 spiro atoms. The lowest BCUT2D eigenvalue weighted by molar-refractivity contribution is 0.122. The molecule has 2 heterocycles. The van der Waals surface area contributed by atoms with Gasteiger partial charge in [0.25, 0.3) is 0 Å².